The molecule has 0 spiro atoms. The second kappa shape index (κ2) is 12.9. The van der Waals surface area contributed by atoms with Gasteiger partial charge in [0.2, 0.25) is 5.28 Å². The molecule has 0 saturated heterocycles. The molecule has 1 heterocycles. The maximum absolute atomic E-state index is 6.18. The summed E-state index contributed by atoms with van der Waals surface area (Å²) in [6.45, 7) is 0. The minimum Gasteiger partial charge on any atom is -0.218 e. The molecule has 1 aromatic heterocycles. The minimum atomic E-state index is -0.574. The van der Waals surface area contributed by atoms with E-state index >= 15 is 0 Å². The Bertz CT molecular complexity index is 1170. The number of hydrogen-bond donors (Lipinski definition) is 0. The summed E-state index contributed by atoms with van der Waals surface area (Å²) in [4.78, 5) is 8.78. The molecule has 0 atom stereocenters. The van der Waals surface area contributed by atoms with E-state index in [1.807, 2.05) is 66.7 Å². The van der Waals surface area contributed by atoms with E-state index in [9.17, 15) is 0 Å². The fourth-order valence-electron chi connectivity index (χ4n) is 3.32. The Hall–Kier alpha value is -2.39. The van der Waals surface area contributed by atoms with Gasteiger partial charge in [-0.05, 0) is 34.9 Å². The molecule has 0 unspecified atom stereocenters. The summed E-state index contributed by atoms with van der Waals surface area (Å²) in [7, 11) is 27.5. The number of hydrogen-bond acceptors (Lipinski definition) is 2. The molecular formula is C22H15B9ClN2. The van der Waals surface area contributed by atoms with E-state index in [1.165, 1.54) is 12.6 Å². The van der Waals surface area contributed by atoms with Gasteiger partial charge in [0.15, 0.2) is 0 Å². The quantitative estimate of drug-likeness (QED) is 0.341. The summed E-state index contributed by atoms with van der Waals surface area (Å²) < 4.78 is 0. The fourth-order valence-corrected chi connectivity index (χ4v) is 3.51. The van der Waals surface area contributed by atoms with Gasteiger partial charge in [0.1, 0.15) is 0 Å². The van der Waals surface area contributed by atoms with E-state index in [1.54, 1.807) is 0 Å². The van der Waals surface area contributed by atoms with Gasteiger partial charge in [0.25, 0.3) is 0 Å². The zero-order chi connectivity index (χ0) is 24.5. The standard InChI is InChI=1S/C22H15ClN2.B9/c23-22-24-20(17-10-5-2-6-11-17)15-21(25-22)19-13-7-12-18(14-19)16-8-3-1-4-9-16;1-6-9(7(2)3)8(4)5/h1-15H;. The Labute approximate surface area is 215 Å². The molecule has 34 heavy (non-hydrogen) atoms. The molecule has 0 bridgehead atoms. The number of nitrogens with zero attached hydrogens (tertiary/aromatic N) is 2. The summed E-state index contributed by atoms with van der Waals surface area (Å²) in [5, 5.41) is 0.251. The van der Waals surface area contributed by atoms with Gasteiger partial charge in [0.05, 0.1) is 11.4 Å². The lowest BCUT2D eigenvalue weighted by Crippen LogP contribution is -2.55. The summed E-state index contributed by atoms with van der Waals surface area (Å²) in [5.74, 6) is 0. The summed E-state index contributed by atoms with van der Waals surface area (Å²) in [5.41, 5.74) is 5.99. The van der Waals surface area contributed by atoms with Crippen molar-refractivity contribution in [2.45, 2.75) is 0 Å². The minimum absolute atomic E-state index is 0.251. The number of halogens is 1. The molecule has 3 aromatic carbocycles. The molecular weight excluding hydrogens is 425 g/mol. The number of benzene rings is 3. The first-order valence-electron chi connectivity index (χ1n) is 10.7. The second-order valence-corrected chi connectivity index (χ2v) is 7.98. The highest BCUT2D eigenvalue weighted by atomic mass is 35.5. The Morgan fingerprint density at radius 3 is 1.56 bits per heavy atom. The molecule has 4 rings (SSSR count). The topological polar surface area (TPSA) is 25.8 Å². The first-order chi connectivity index (χ1) is 16.4. The molecule has 11 radical (unpaired) electrons. The molecule has 2 nitrogen and oxygen atoms in total. The van der Waals surface area contributed by atoms with Crippen LogP contribution >= 0.6 is 11.6 Å². The predicted octanol–water partition coefficient (Wildman–Crippen LogP) is 2.70. The lowest BCUT2D eigenvalue weighted by Gasteiger charge is -2.17. The van der Waals surface area contributed by atoms with E-state index in [0.717, 1.165) is 28.1 Å². The number of aromatic nitrogens is 2. The number of rotatable bonds is 6. The maximum Gasteiger partial charge on any atom is 0.223 e. The molecule has 0 saturated carbocycles. The first kappa shape index (κ1) is 26.2. The van der Waals surface area contributed by atoms with E-state index in [0.29, 0.717) is 0 Å². The van der Waals surface area contributed by atoms with Crippen LogP contribution in [0.15, 0.2) is 91.0 Å². The van der Waals surface area contributed by atoms with Gasteiger partial charge in [-0.2, -0.15) is 0 Å². The maximum atomic E-state index is 6.18. The van der Waals surface area contributed by atoms with Crippen LogP contribution in [0.4, 0.5) is 0 Å². The lowest BCUT2D eigenvalue weighted by molar-refractivity contribution is 1.18. The fraction of sp³-hybridized carbons (Fsp3) is 0. The average molecular weight is 440 g/mol. The van der Waals surface area contributed by atoms with Crippen molar-refractivity contribution in [2.24, 2.45) is 0 Å². The van der Waals surface area contributed by atoms with Crippen LogP contribution in [0.2, 0.25) is 5.28 Å². The Balaban J connectivity index is 0.000000309. The highest BCUT2D eigenvalue weighted by Gasteiger charge is 2.18. The van der Waals surface area contributed by atoms with Crippen molar-refractivity contribution in [3.05, 3.63) is 96.3 Å². The van der Waals surface area contributed by atoms with Crippen LogP contribution < -0.4 is 0 Å². The highest BCUT2D eigenvalue weighted by molar-refractivity contribution is 7.93. The van der Waals surface area contributed by atoms with Crippen molar-refractivity contribution in [1.29, 1.82) is 0 Å². The molecule has 4 aromatic rings. The monoisotopic (exact) mass is 441 g/mol. The van der Waals surface area contributed by atoms with Crippen molar-refractivity contribution in [3.8, 4) is 33.6 Å². The molecule has 0 aliphatic rings. The largest absolute Gasteiger partial charge is 0.223 e. The molecule has 12 heteroatoms. The molecule has 0 amide bonds. The van der Waals surface area contributed by atoms with Gasteiger partial charge in [-0.1, -0.05) is 78.9 Å². The average Bonchev–Trinajstić information content (AvgIpc) is 2.85. The van der Waals surface area contributed by atoms with Crippen LogP contribution in [-0.4, -0.2) is 74.9 Å². The third-order valence-electron chi connectivity index (χ3n) is 5.14. The third-order valence-corrected chi connectivity index (χ3v) is 5.31. The summed E-state index contributed by atoms with van der Waals surface area (Å²) in [6.07, 6.45) is -1.46. The second-order valence-electron chi connectivity index (χ2n) is 7.64. The molecule has 0 aliphatic carbocycles. The van der Waals surface area contributed by atoms with Gasteiger partial charge in [-0.3, -0.25) is 0 Å². The Kier molecular flexibility index (Phi) is 9.95. The molecule has 0 N–H and O–H groups in total. The van der Waals surface area contributed by atoms with E-state index in [4.69, 9.17) is 50.3 Å². The first-order valence-corrected chi connectivity index (χ1v) is 11.1. The predicted molar refractivity (Wildman–Crippen MR) is 155 cm³/mol. The van der Waals surface area contributed by atoms with Gasteiger partial charge in [-0.25, -0.2) is 9.97 Å². The van der Waals surface area contributed by atoms with Crippen LogP contribution in [-0.2, 0) is 0 Å². The van der Waals surface area contributed by atoms with E-state index < -0.39 is 12.8 Å². The van der Waals surface area contributed by atoms with Crippen LogP contribution in [0.5, 0.6) is 0 Å². The van der Waals surface area contributed by atoms with Crippen molar-refractivity contribution >= 4 is 76.5 Å². The van der Waals surface area contributed by atoms with Crippen molar-refractivity contribution in [2.75, 3.05) is 0 Å². The zero-order valence-electron chi connectivity index (χ0n) is 18.6. The van der Waals surface area contributed by atoms with E-state index in [-0.39, 0.29) is 11.7 Å². The summed E-state index contributed by atoms with van der Waals surface area (Å²) in [6, 6.07) is 30.6. The van der Waals surface area contributed by atoms with Gasteiger partial charge < -0.3 is 0 Å². The zero-order valence-corrected chi connectivity index (χ0v) is 19.4. The third kappa shape index (κ3) is 7.30. The van der Waals surface area contributed by atoms with Gasteiger partial charge in [0, 0.05) is 76.0 Å². The smallest absolute Gasteiger partial charge is 0.218 e. The molecule has 0 fully saturated rings. The lowest BCUT2D eigenvalue weighted by atomic mass is 8.64. The van der Waals surface area contributed by atoms with Crippen LogP contribution in [0.25, 0.3) is 33.6 Å². The van der Waals surface area contributed by atoms with Gasteiger partial charge >= 0.3 is 0 Å². The van der Waals surface area contributed by atoms with Crippen molar-refractivity contribution < 1.29 is 0 Å². The SMILES string of the molecule is Clc1nc(-c2ccccc2)cc(-c2cccc(-c3ccccc3)c2)n1.[B][B]B(B([B])[B])B([B])[B]. The Morgan fingerprint density at radius 1 is 0.588 bits per heavy atom. The Morgan fingerprint density at radius 2 is 1.06 bits per heavy atom. The van der Waals surface area contributed by atoms with E-state index in [2.05, 4.69) is 34.2 Å². The van der Waals surface area contributed by atoms with Crippen LogP contribution in [0, 0.1) is 0 Å². The van der Waals surface area contributed by atoms with Crippen molar-refractivity contribution in [3.63, 3.8) is 0 Å². The normalized spacial score (nSPS) is 9.91. The van der Waals surface area contributed by atoms with Crippen molar-refractivity contribution in [1.82, 2.24) is 9.97 Å². The van der Waals surface area contributed by atoms with Crippen LogP contribution in [0.3, 0.4) is 0 Å². The summed E-state index contributed by atoms with van der Waals surface area (Å²) >= 11 is 6.18. The van der Waals surface area contributed by atoms with Gasteiger partial charge in [-0.15, -0.1) is 0 Å². The van der Waals surface area contributed by atoms with Crippen LogP contribution in [0.1, 0.15) is 0 Å². The molecule has 147 valence electrons. The highest BCUT2D eigenvalue weighted by Crippen LogP contribution is 2.28. The molecule has 0 aliphatic heterocycles.